The summed E-state index contributed by atoms with van der Waals surface area (Å²) in [6.45, 7) is 5.63. The SMILES string of the molecule is Cc1cccc(CN2CCC3(CCNC3)C2=O)c1. The minimum atomic E-state index is -0.0795. The van der Waals surface area contributed by atoms with Gasteiger partial charge in [-0.3, -0.25) is 4.79 Å². The largest absolute Gasteiger partial charge is 0.338 e. The Morgan fingerprint density at radius 2 is 2.28 bits per heavy atom. The molecule has 1 unspecified atom stereocenters. The van der Waals surface area contributed by atoms with Crippen molar-refractivity contribution in [2.24, 2.45) is 5.41 Å². The third kappa shape index (κ3) is 1.93. The fourth-order valence-corrected chi connectivity index (χ4v) is 3.21. The number of carbonyl (C=O) groups excluding carboxylic acids is 1. The molecule has 2 saturated heterocycles. The number of nitrogens with one attached hydrogen (secondary N) is 1. The Morgan fingerprint density at radius 1 is 1.39 bits per heavy atom. The van der Waals surface area contributed by atoms with Gasteiger partial charge >= 0.3 is 0 Å². The molecule has 1 atom stereocenters. The summed E-state index contributed by atoms with van der Waals surface area (Å²) in [4.78, 5) is 14.5. The fourth-order valence-electron chi connectivity index (χ4n) is 3.21. The van der Waals surface area contributed by atoms with Crippen molar-refractivity contribution in [2.75, 3.05) is 19.6 Å². The van der Waals surface area contributed by atoms with E-state index in [9.17, 15) is 4.79 Å². The van der Waals surface area contributed by atoms with E-state index in [0.717, 1.165) is 39.0 Å². The predicted molar refractivity (Wildman–Crippen MR) is 71.1 cm³/mol. The first-order valence-electron chi connectivity index (χ1n) is 6.75. The molecule has 2 fully saturated rings. The first-order chi connectivity index (χ1) is 8.70. The lowest BCUT2D eigenvalue weighted by Gasteiger charge is -2.22. The van der Waals surface area contributed by atoms with Gasteiger partial charge in [0.1, 0.15) is 0 Å². The lowest BCUT2D eigenvalue weighted by molar-refractivity contribution is -0.135. The van der Waals surface area contributed by atoms with E-state index in [-0.39, 0.29) is 5.41 Å². The smallest absolute Gasteiger partial charge is 0.230 e. The van der Waals surface area contributed by atoms with Gasteiger partial charge in [0.2, 0.25) is 5.91 Å². The molecule has 0 aliphatic carbocycles. The van der Waals surface area contributed by atoms with Crippen LogP contribution in [0.3, 0.4) is 0 Å². The Morgan fingerprint density at radius 3 is 3.00 bits per heavy atom. The van der Waals surface area contributed by atoms with Crippen LogP contribution < -0.4 is 5.32 Å². The van der Waals surface area contributed by atoms with Crippen molar-refractivity contribution < 1.29 is 4.79 Å². The van der Waals surface area contributed by atoms with Crippen LogP contribution in [0.25, 0.3) is 0 Å². The summed E-state index contributed by atoms with van der Waals surface area (Å²) in [5.74, 6) is 0.356. The van der Waals surface area contributed by atoms with E-state index in [0.29, 0.717) is 5.91 Å². The maximum Gasteiger partial charge on any atom is 0.230 e. The van der Waals surface area contributed by atoms with Gasteiger partial charge in [-0.2, -0.15) is 0 Å². The zero-order valence-electron chi connectivity index (χ0n) is 10.9. The highest BCUT2D eigenvalue weighted by Crippen LogP contribution is 2.37. The van der Waals surface area contributed by atoms with Gasteiger partial charge in [0.05, 0.1) is 5.41 Å². The van der Waals surface area contributed by atoms with Crippen LogP contribution >= 0.6 is 0 Å². The van der Waals surface area contributed by atoms with E-state index in [1.54, 1.807) is 0 Å². The van der Waals surface area contributed by atoms with Crippen molar-refractivity contribution in [2.45, 2.75) is 26.3 Å². The highest BCUT2D eigenvalue weighted by atomic mass is 16.2. The van der Waals surface area contributed by atoms with E-state index < -0.39 is 0 Å². The zero-order chi connectivity index (χ0) is 12.6. The molecule has 3 rings (SSSR count). The number of hydrogen-bond acceptors (Lipinski definition) is 2. The van der Waals surface area contributed by atoms with Crippen molar-refractivity contribution in [1.29, 1.82) is 0 Å². The second kappa shape index (κ2) is 4.39. The summed E-state index contributed by atoms with van der Waals surface area (Å²) >= 11 is 0. The van der Waals surface area contributed by atoms with Gasteiger partial charge < -0.3 is 10.2 Å². The van der Waals surface area contributed by atoms with Crippen molar-refractivity contribution >= 4 is 5.91 Å². The van der Waals surface area contributed by atoms with Crippen molar-refractivity contribution in [3.8, 4) is 0 Å². The first-order valence-corrected chi connectivity index (χ1v) is 6.75. The molecule has 1 aromatic rings. The second-order valence-corrected chi connectivity index (χ2v) is 5.67. The van der Waals surface area contributed by atoms with Crippen LogP contribution in [0.1, 0.15) is 24.0 Å². The normalized spacial score (nSPS) is 27.4. The lowest BCUT2D eigenvalue weighted by Crippen LogP contribution is -2.35. The number of amides is 1. The van der Waals surface area contributed by atoms with Gasteiger partial charge in [0.15, 0.2) is 0 Å². The van der Waals surface area contributed by atoms with Crippen LogP contribution in [0.15, 0.2) is 24.3 Å². The second-order valence-electron chi connectivity index (χ2n) is 5.67. The molecule has 96 valence electrons. The molecule has 0 radical (unpaired) electrons. The lowest BCUT2D eigenvalue weighted by atomic mass is 9.86. The highest BCUT2D eigenvalue weighted by Gasteiger charge is 2.47. The molecule has 1 amide bonds. The number of carbonyl (C=O) groups is 1. The van der Waals surface area contributed by atoms with Gasteiger partial charge in [-0.05, 0) is 31.9 Å². The number of rotatable bonds is 2. The predicted octanol–water partition coefficient (Wildman–Crippen LogP) is 1.71. The molecule has 0 aromatic heterocycles. The van der Waals surface area contributed by atoms with E-state index in [2.05, 4.69) is 36.5 Å². The van der Waals surface area contributed by atoms with Crippen LogP contribution in [-0.4, -0.2) is 30.4 Å². The number of hydrogen-bond donors (Lipinski definition) is 1. The molecule has 2 aliphatic rings. The molecular formula is C15H20N2O. The number of nitrogens with zero attached hydrogens (tertiary/aromatic N) is 1. The van der Waals surface area contributed by atoms with Crippen LogP contribution in [-0.2, 0) is 11.3 Å². The topological polar surface area (TPSA) is 32.3 Å². The Hall–Kier alpha value is -1.35. The van der Waals surface area contributed by atoms with Crippen LogP contribution in [0.4, 0.5) is 0 Å². The molecule has 1 N–H and O–H groups in total. The maximum absolute atomic E-state index is 12.5. The van der Waals surface area contributed by atoms with Gasteiger partial charge in [0.25, 0.3) is 0 Å². The van der Waals surface area contributed by atoms with Crippen LogP contribution in [0.5, 0.6) is 0 Å². The molecule has 0 saturated carbocycles. The molecule has 0 bridgehead atoms. The summed E-state index contributed by atoms with van der Waals surface area (Å²) in [6.07, 6.45) is 2.03. The quantitative estimate of drug-likeness (QED) is 0.859. The molecule has 2 aliphatic heterocycles. The minimum Gasteiger partial charge on any atom is -0.338 e. The van der Waals surface area contributed by atoms with Gasteiger partial charge in [-0.25, -0.2) is 0 Å². The third-order valence-electron chi connectivity index (χ3n) is 4.30. The maximum atomic E-state index is 12.5. The number of benzene rings is 1. The van der Waals surface area contributed by atoms with E-state index in [1.807, 2.05) is 4.90 Å². The fraction of sp³-hybridized carbons (Fsp3) is 0.533. The first kappa shape index (κ1) is 11.7. The molecule has 18 heavy (non-hydrogen) atoms. The summed E-state index contributed by atoms with van der Waals surface area (Å²) in [7, 11) is 0. The third-order valence-corrected chi connectivity index (χ3v) is 4.30. The molecular weight excluding hydrogens is 224 g/mol. The number of likely N-dealkylation sites (tertiary alicyclic amines) is 1. The van der Waals surface area contributed by atoms with Crippen molar-refractivity contribution in [3.05, 3.63) is 35.4 Å². The van der Waals surface area contributed by atoms with Gasteiger partial charge in [-0.15, -0.1) is 0 Å². The average molecular weight is 244 g/mol. The van der Waals surface area contributed by atoms with E-state index in [4.69, 9.17) is 0 Å². The van der Waals surface area contributed by atoms with E-state index >= 15 is 0 Å². The van der Waals surface area contributed by atoms with Crippen molar-refractivity contribution in [1.82, 2.24) is 10.2 Å². The molecule has 2 heterocycles. The summed E-state index contributed by atoms with van der Waals surface area (Å²) in [6, 6.07) is 8.44. The van der Waals surface area contributed by atoms with Gasteiger partial charge in [-0.1, -0.05) is 29.8 Å². The summed E-state index contributed by atoms with van der Waals surface area (Å²) in [5.41, 5.74) is 2.42. The molecule has 1 aromatic carbocycles. The molecule has 3 heteroatoms. The van der Waals surface area contributed by atoms with Gasteiger partial charge in [0, 0.05) is 19.6 Å². The number of aryl methyl sites for hydroxylation is 1. The summed E-state index contributed by atoms with van der Waals surface area (Å²) < 4.78 is 0. The summed E-state index contributed by atoms with van der Waals surface area (Å²) in [5, 5.41) is 3.33. The Bertz CT molecular complexity index is 463. The van der Waals surface area contributed by atoms with Crippen molar-refractivity contribution in [3.63, 3.8) is 0 Å². The van der Waals surface area contributed by atoms with E-state index in [1.165, 1.54) is 11.1 Å². The molecule has 1 spiro atoms. The monoisotopic (exact) mass is 244 g/mol. The van der Waals surface area contributed by atoms with Crippen LogP contribution in [0, 0.1) is 12.3 Å². The highest BCUT2D eigenvalue weighted by molar-refractivity contribution is 5.85. The molecule has 3 nitrogen and oxygen atoms in total. The Kier molecular flexibility index (Phi) is 2.86. The Labute approximate surface area is 108 Å². The standard InChI is InChI=1S/C15H20N2O/c1-12-3-2-4-13(9-12)10-17-8-6-15(14(17)18)5-7-16-11-15/h2-4,9,16H,5-8,10-11H2,1H3. The van der Waals surface area contributed by atoms with Crippen LogP contribution in [0.2, 0.25) is 0 Å². The zero-order valence-corrected chi connectivity index (χ0v) is 10.9. The average Bonchev–Trinajstić information content (AvgIpc) is 2.93. The Balaban J connectivity index is 1.73. The minimum absolute atomic E-state index is 0.0795.